The third kappa shape index (κ3) is 5.02. The summed E-state index contributed by atoms with van der Waals surface area (Å²) in [6.45, 7) is 5.81. The van der Waals surface area contributed by atoms with Gasteiger partial charge in [0.1, 0.15) is 0 Å². The number of likely N-dealkylation sites (N-methyl/N-ethyl adjacent to an activating group) is 1. The topological polar surface area (TPSA) is 77.4 Å². The molecule has 1 saturated heterocycles. The second-order valence-corrected chi connectivity index (χ2v) is 8.55. The first kappa shape index (κ1) is 20.9. The van der Waals surface area contributed by atoms with Crippen LogP contribution in [0.4, 0.5) is 0 Å². The van der Waals surface area contributed by atoms with Crippen LogP contribution in [0.25, 0.3) is 0 Å². The molecule has 2 heterocycles. The zero-order valence-electron chi connectivity index (χ0n) is 17.8. The van der Waals surface area contributed by atoms with E-state index in [1.807, 2.05) is 24.3 Å². The normalized spacial score (nSPS) is 22.8. The lowest BCUT2D eigenvalue weighted by Crippen LogP contribution is -2.46. The summed E-state index contributed by atoms with van der Waals surface area (Å²) in [7, 11) is 2.14. The summed E-state index contributed by atoms with van der Waals surface area (Å²) in [6.07, 6.45) is 4.58. The van der Waals surface area contributed by atoms with Gasteiger partial charge in [0, 0.05) is 56.8 Å². The van der Waals surface area contributed by atoms with Crippen molar-refractivity contribution in [1.29, 1.82) is 0 Å². The molecule has 160 valence electrons. The molecular weight excluding hydrogens is 378 g/mol. The van der Waals surface area contributed by atoms with Crippen molar-refractivity contribution in [2.75, 3.05) is 46.3 Å². The lowest BCUT2D eigenvalue weighted by Gasteiger charge is -2.32. The Morgan fingerprint density at radius 3 is 2.80 bits per heavy atom. The fourth-order valence-corrected chi connectivity index (χ4v) is 4.52. The molecule has 1 fully saturated rings. The average Bonchev–Trinajstić information content (AvgIpc) is 2.77. The van der Waals surface area contributed by atoms with Crippen molar-refractivity contribution in [2.24, 2.45) is 10.2 Å². The van der Waals surface area contributed by atoms with Crippen LogP contribution in [0.2, 0.25) is 0 Å². The van der Waals surface area contributed by atoms with Crippen LogP contribution in [-0.2, 0) is 11.2 Å². The van der Waals surface area contributed by atoms with Crippen molar-refractivity contribution in [1.82, 2.24) is 15.1 Å². The van der Waals surface area contributed by atoms with E-state index in [1.54, 1.807) is 0 Å². The predicted molar refractivity (Wildman–Crippen MR) is 116 cm³/mol. The van der Waals surface area contributed by atoms with E-state index in [0.717, 1.165) is 75.1 Å². The summed E-state index contributed by atoms with van der Waals surface area (Å²) in [5.74, 6) is -0.196. The highest BCUT2D eigenvalue weighted by atomic mass is 16.2. The van der Waals surface area contributed by atoms with Crippen molar-refractivity contribution in [2.45, 2.75) is 38.1 Å². The number of carbonyl (C=O) groups is 2. The minimum atomic E-state index is -0.158. The van der Waals surface area contributed by atoms with E-state index in [2.05, 4.69) is 32.4 Å². The molecule has 2 amide bonds. The molecule has 0 radical (unpaired) electrons. The fourth-order valence-electron chi connectivity index (χ4n) is 4.52. The zero-order chi connectivity index (χ0) is 20.9. The Labute approximate surface area is 178 Å². The highest BCUT2D eigenvalue weighted by Gasteiger charge is 2.29. The van der Waals surface area contributed by atoms with Crippen LogP contribution in [0.1, 0.15) is 41.6 Å². The molecule has 1 N–H and O–H groups in total. The standard InChI is InChI=1S/C23H31N5O2/c1-27-11-13-28(14-12-27)10-9-24-22(29)18-6-4-5-17(15-18)16-21-19-7-2-3-8-20(19)23(30)26-25-21/h4-6,15,21H,2-3,7-14,16H2,1H3,(H,24,29). The first-order valence-electron chi connectivity index (χ1n) is 11.1. The molecule has 1 aliphatic carbocycles. The Hall–Kier alpha value is -2.38. The van der Waals surface area contributed by atoms with Gasteiger partial charge in [0.2, 0.25) is 0 Å². The number of amides is 2. The van der Waals surface area contributed by atoms with Crippen LogP contribution < -0.4 is 5.32 Å². The number of hydrogen-bond acceptors (Lipinski definition) is 5. The van der Waals surface area contributed by atoms with Crippen molar-refractivity contribution in [3.63, 3.8) is 0 Å². The maximum atomic E-state index is 12.6. The summed E-state index contributed by atoms with van der Waals surface area (Å²) in [5.41, 5.74) is 3.76. The Balaban J connectivity index is 1.33. The first-order valence-corrected chi connectivity index (χ1v) is 11.1. The molecule has 4 rings (SSSR count). The molecule has 1 aromatic rings. The monoisotopic (exact) mass is 409 g/mol. The van der Waals surface area contributed by atoms with Gasteiger partial charge in [-0.1, -0.05) is 12.1 Å². The van der Waals surface area contributed by atoms with Gasteiger partial charge in [-0.3, -0.25) is 14.5 Å². The Morgan fingerprint density at radius 1 is 1.17 bits per heavy atom. The van der Waals surface area contributed by atoms with Crippen molar-refractivity contribution >= 4 is 11.8 Å². The summed E-state index contributed by atoms with van der Waals surface area (Å²) >= 11 is 0. The van der Waals surface area contributed by atoms with Crippen LogP contribution in [0, 0.1) is 0 Å². The van der Waals surface area contributed by atoms with Crippen LogP contribution in [-0.4, -0.2) is 74.0 Å². The fraction of sp³-hybridized carbons (Fsp3) is 0.565. The Morgan fingerprint density at radius 2 is 1.97 bits per heavy atom. The summed E-state index contributed by atoms with van der Waals surface area (Å²) in [5, 5.41) is 11.2. The molecule has 0 spiro atoms. The number of nitrogens with zero attached hydrogens (tertiary/aromatic N) is 4. The highest BCUT2D eigenvalue weighted by molar-refractivity contribution is 5.96. The van der Waals surface area contributed by atoms with Crippen LogP contribution in [0.15, 0.2) is 45.6 Å². The zero-order valence-corrected chi connectivity index (χ0v) is 17.8. The van der Waals surface area contributed by atoms with E-state index < -0.39 is 0 Å². The molecule has 0 saturated carbocycles. The molecule has 1 unspecified atom stereocenters. The lowest BCUT2D eigenvalue weighted by molar-refractivity contribution is -0.115. The number of benzene rings is 1. The van der Waals surface area contributed by atoms with Crippen LogP contribution in [0.5, 0.6) is 0 Å². The number of rotatable bonds is 6. The SMILES string of the molecule is CN1CCN(CCNC(=O)c2cccc(CC3N=NC(=O)C4=C3CCCC4)c2)CC1. The van der Waals surface area contributed by atoms with Gasteiger partial charge in [-0.05, 0) is 56.0 Å². The third-order valence-electron chi connectivity index (χ3n) is 6.39. The molecule has 2 aliphatic heterocycles. The van der Waals surface area contributed by atoms with Gasteiger partial charge in [0.15, 0.2) is 0 Å². The molecule has 1 aromatic carbocycles. The summed E-state index contributed by atoms with van der Waals surface area (Å²) in [6, 6.07) is 7.67. The maximum Gasteiger partial charge on any atom is 0.291 e. The van der Waals surface area contributed by atoms with Crippen molar-refractivity contribution in [3.8, 4) is 0 Å². The molecule has 0 aromatic heterocycles. The van der Waals surface area contributed by atoms with E-state index in [9.17, 15) is 9.59 Å². The minimum Gasteiger partial charge on any atom is -0.351 e. The summed E-state index contributed by atoms with van der Waals surface area (Å²) in [4.78, 5) is 29.4. The lowest BCUT2D eigenvalue weighted by atomic mass is 9.84. The van der Waals surface area contributed by atoms with E-state index in [-0.39, 0.29) is 17.9 Å². The van der Waals surface area contributed by atoms with Crippen molar-refractivity contribution in [3.05, 3.63) is 46.5 Å². The Kier molecular flexibility index (Phi) is 6.69. The number of piperazine rings is 1. The van der Waals surface area contributed by atoms with E-state index in [0.29, 0.717) is 18.5 Å². The Bertz CT molecular complexity index is 855. The quantitative estimate of drug-likeness (QED) is 0.783. The second kappa shape index (κ2) is 9.62. The van der Waals surface area contributed by atoms with Gasteiger partial charge >= 0.3 is 0 Å². The van der Waals surface area contributed by atoms with Gasteiger partial charge in [-0.15, -0.1) is 5.11 Å². The van der Waals surface area contributed by atoms with E-state index >= 15 is 0 Å². The van der Waals surface area contributed by atoms with Gasteiger partial charge in [0.05, 0.1) is 6.04 Å². The molecular formula is C23H31N5O2. The molecule has 1 atom stereocenters. The van der Waals surface area contributed by atoms with E-state index in [4.69, 9.17) is 0 Å². The van der Waals surface area contributed by atoms with Gasteiger partial charge in [0.25, 0.3) is 11.8 Å². The largest absolute Gasteiger partial charge is 0.351 e. The number of azo groups is 1. The maximum absolute atomic E-state index is 12.6. The minimum absolute atomic E-state index is 0.0380. The van der Waals surface area contributed by atoms with E-state index in [1.165, 1.54) is 0 Å². The highest BCUT2D eigenvalue weighted by Crippen LogP contribution is 2.33. The van der Waals surface area contributed by atoms with Gasteiger partial charge < -0.3 is 10.2 Å². The molecule has 7 nitrogen and oxygen atoms in total. The van der Waals surface area contributed by atoms with Crippen LogP contribution in [0.3, 0.4) is 0 Å². The number of carbonyl (C=O) groups excluding carboxylic acids is 2. The predicted octanol–water partition coefficient (Wildman–Crippen LogP) is 2.44. The summed E-state index contributed by atoms with van der Waals surface area (Å²) < 4.78 is 0. The molecule has 30 heavy (non-hydrogen) atoms. The van der Waals surface area contributed by atoms with Gasteiger partial charge in [-0.2, -0.15) is 5.11 Å². The van der Waals surface area contributed by atoms with Gasteiger partial charge in [-0.25, -0.2) is 0 Å². The number of nitrogens with one attached hydrogen (secondary N) is 1. The van der Waals surface area contributed by atoms with Crippen LogP contribution >= 0.6 is 0 Å². The second-order valence-electron chi connectivity index (χ2n) is 8.55. The smallest absolute Gasteiger partial charge is 0.291 e. The molecule has 7 heteroatoms. The first-order chi connectivity index (χ1) is 14.6. The number of hydrogen-bond donors (Lipinski definition) is 1. The third-order valence-corrected chi connectivity index (χ3v) is 6.39. The molecule has 0 bridgehead atoms. The molecule has 3 aliphatic rings. The average molecular weight is 410 g/mol. The van der Waals surface area contributed by atoms with Crippen molar-refractivity contribution < 1.29 is 9.59 Å².